The molecular formula is C17H23N3O3S2. The minimum Gasteiger partial charge on any atom is -0.330 e. The summed E-state index contributed by atoms with van der Waals surface area (Å²) in [7, 11) is -3.29. The van der Waals surface area contributed by atoms with E-state index in [9.17, 15) is 13.2 Å². The van der Waals surface area contributed by atoms with Gasteiger partial charge in [-0.15, -0.1) is 11.3 Å². The third-order valence-electron chi connectivity index (χ3n) is 3.62. The summed E-state index contributed by atoms with van der Waals surface area (Å²) in [5, 5.41) is 5.26. The van der Waals surface area contributed by atoms with E-state index >= 15 is 0 Å². The smallest absolute Gasteiger partial charge is 0.275 e. The Bertz CT molecular complexity index is 852. The van der Waals surface area contributed by atoms with Crippen LogP contribution in [-0.2, 0) is 22.0 Å². The number of aromatic nitrogens is 1. The van der Waals surface area contributed by atoms with Gasteiger partial charge in [-0.1, -0.05) is 12.1 Å². The van der Waals surface area contributed by atoms with Gasteiger partial charge in [0.15, 0.2) is 9.84 Å². The number of thiazole rings is 1. The van der Waals surface area contributed by atoms with Gasteiger partial charge in [0.1, 0.15) is 5.69 Å². The van der Waals surface area contributed by atoms with Gasteiger partial charge in [0.05, 0.1) is 15.5 Å². The number of nitrogens with one attached hydrogen (secondary N) is 1. The van der Waals surface area contributed by atoms with Crippen LogP contribution in [0.25, 0.3) is 0 Å². The molecule has 2 aromatic rings. The molecule has 1 aromatic carbocycles. The maximum absolute atomic E-state index is 12.3. The minimum atomic E-state index is -3.29. The number of benzene rings is 1. The van der Waals surface area contributed by atoms with Crippen molar-refractivity contribution in [2.45, 2.75) is 37.7 Å². The van der Waals surface area contributed by atoms with E-state index in [1.165, 1.54) is 11.3 Å². The van der Waals surface area contributed by atoms with Gasteiger partial charge in [-0.25, -0.2) is 13.4 Å². The van der Waals surface area contributed by atoms with Gasteiger partial charge in [-0.2, -0.15) is 0 Å². The Labute approximate surface area is 152 Å². The summed E-state index contributed by atoms with van der Waals surface area (Å²) in [6, 6.07) is 6.86. The summed E-state index contributed by atoms with van der Waals surface area (Å²) >= 11 is 1.40. The van der Waals surface area contributed by atoms with E-state index in [-0.39, 0.29) is 11.7 Å². The van der Waals surface area contributed by atoms with Gasteiger partial charge in [-0.3, -0.25) is 4.79 Å². The van der Waals surface area contributed by atoms with Crippen molar-refractivity contribution >= 4 is 32.8 Å². The van der Waals surface area contributed by atoms with Crippen LogP contribution in [0, 0.1) is 0 Å². The Morgan fingerprint density at radius 2 is 2.04 bits per heavy atom. The third kappa shape index (κ3) is 5.10. The van der Waals surface area contributed by atoms with Crippen LogP contribution in [-0.4, -0.2) is 30.6 Å². The fraction of sp³-hybridized carbons (Fsp3) is 0.412. The van der Waals surface area contributed by atoms with Crippen molar-refractivity contribution in [1.29, 1.82) is 0 Å². The molecule has 0 unspecified atom stereocenters. The van der Waals surface area contributed by atoms with Crippen LogP contribution in [0.4, 0.5) is 5.69 Å². The molecule has 0 aliphatic heterocycles. The van der Waals surface area contributed by atoms with Crippen molar-refractivity contribution in [2.75, 3.05) is 11.9 Å². The molecule has 0 atom stereocenters. The van der Waals surface area contributed by atoms with Crippen molar-refractivity contribution in [1.82, 2.24) is 4.98 Å². The summed E-state index contributed by atoms with van der Waals surface area (Å²) in [5.74, 6) is -0.396. The van der Waals surface area contributed by atoms with Gasteiger partial charge in [0.25, 0.3) is 5.91 Å². The van der Waals surface area contributed by atoms with E-state index in [0.717, 1.165) is 5.01 Å². The molecular weight excluding hydrogens is 358 g/mol. The summed E-state index contributed by atoms with van der Waals surface area (Å²) in [6.45, 7) is 5.51. The molecule has 3 N–H and O–H groups in total. The standard InChI is InChI=1S/C17H23N3O3S2/c1-17(2,3)25(22,23)11-12-5-4-6-13(9-12)19-16(21)14-10-24-15(20-14)7-8-18/h4-6,9-10H,7-8,11,18H2,1-3H3,(H,19,21). The topological polar surface area (TPSA) is 102 Å². The molecule has 1 aromatic heterocycles. The van der Waals surface area contributed by atoms with Crippen LogP contribution in [0.15, 0.2) is 29.6 Å². The zero-order valence-electron chi connectivity index (χ0n) is 14.6. The first kappa shape index (κ1) is 19.6. The van der Waals surface area contributed by atoms with E-state index in [1.54, 1.807) is 50.4 Å². The molecule has 0 bridgehead atoms. The first-order chi connectivity index (χ1) is 11.6. The number of anilines is 1. The molecule has 0 aliphatic carbocycles. The average Bonchev–Trinajstić information content (AvgIpc) is 2.95. The van der Waals surface area contributed by atoms with E-state index in [4.69, 9.17) is 5.73 Å². The van der Waals surface area contributed by atoms with Crippen LogP contribution in [0.1, 0.15) is 41.8 Å². The SMILES string of the molecule is CC(C)(C)S(=O)(=O)Cc1cccc(NC(=O)c2csc(CCN)n2)c1. The monoisotopic (exact) mass is 381 g/mol. The lowest BCUT2D eigenvalue weighted by Gasteiger charge is -2.19. The number of carbonyl (C=O) groups excluding carboxylic acids is 1. The lowest BCUT2D eigenvalue weighted by atomic mass is 10.2. The number of hydrogen-bond acceptors (Lipinski definition) is 6. The summed E-state index contributed by atoms with van der Waals surface area (Å²) in [4.78, 5) is 16.5. The van der Waals surface area contributed by atoms with Gasteiger partial charge >= 0.3 is 0 Å². The lowest BCUT2D eigenvalue weighted by molar-refractivity contribution is 0.102. The largest absolute Gasteiger partial charge is 0.330 e. The van der Waals surface area contributed by atoms with Crippen LogP contribution < -0.4 is 11.1 Å². The van der Waals surface area contributed by atoms with E-state index < -0.39 is 14.6 Å². The van der Waals surface area contributed by atoms with Gasteiger partial charge in [0.2, 0.25) is 0 Å². The molecule has 0 saturated heterocycles. The van der Waals surface area contributed by atoms with Crippen molar-refractivity contribution in [2.24, 2.45) is 5.73 Å². The molecule has 1 heterocycles. The lowest BCUT2D eigenvalue weighted by Crippen LogP contribution is -2.29. The molecule has 0 fully saturated rings. The van der Waals surface area contributed by atoms with Crippen LogP contribution in [0.5, 0.6) is 0 Å². The first-order valence-corrected chi connectivity index (χ1v) is 10.4. The van der Waals surface area contributed by atoms with Crippen LogP contribution in [0.2, 0.25) is 0 Å². The second-order valence-corrected chi connectivity index (χ2v) is 10.4. The highest BCUT2D eigenvalue weighted by atomic mass is 32.2. The van der Waals surface area contributed by atoms with Gasteiger partial charge < -0.3 is 11.1 Å². The molecule has 8 heteroatoms. The molecule has 25 heavy (non-hydrogen) atoms. The quantitative estimate of drug-likeness (QED) is 0.801. The highest BCUT2D eigenvalue weighted by Crippen LogP contribution is 2.22. The van der Waals surface area contributed by atoms with Crippen molar-refractivity contribution in [3.05, 3.63) is 45.9 Å². The Hall–Kier alpha value is -1.77. The number of carbonyl (C=O) groups is 1. The highest BCUT2D eigenvalue weighted by molar-refractivity contribution is 7.91. The number of hydrogen-bond donors (Lipinski definition) is 2. The summed E-state index contributed by atoms with van der Waals surface area (Å²) in [5.41, 5.74) is 6.99. The van der Waals surface area contributed by atoms with Crippen LogP contribution >= 0.6 is 11.3 Å². The molecule has 6 nitrogen and oxygen atoms in total. The number of nitrogens with two attached hydrogens (primary N) is 1. The maximum Gasteiger partial charge on any atom is 0.275 e. The molecule has 136 valence electrons. The van der Waals surface area contributed by atoms with E-state index in [1.807, 2.05) is 0 Å². The zero-order chi connectivity index (χ0) is 18.7. The van der Waals surface area contributed by atoms with Crippen molar-refractivity contribution < 1.29 is 13.2 Å². The third-order valence-corrected chi connectivity index (χ3v) is 7.11. The average molecular weight is 382 g/mol. The number of nitrogens with zero attached hydrogens (tertiary/aromatic N) is 1. The van der Waals surface area contributed by atoms with Crippen LogP contribution in [0.3, 0.4) is 0 Å². The Balaban J connectivity index is 2.12. The fourth-order valence-corrected chi connectivity index (χ4v) is 3.87. The van der Waals surface area contributed by atoms with Crippen molar-refractivity contribution in [3.8, 4) is 0 Å². The molecule has 0 aliphatic rings. The molecule has 0 spiro atoms. The predicted octanol–water partition coefficient (Wildman–Crippen LogP) is 2.61. The Kier molecular flexibility index (Phi) is 5.97. The van der Waals surface area contributed by atoms with Crippen molar-refractivity contribution in [3.63, 3.8) is 0 Å². The normalized spacial score (nSPS) is 12.2. The fourth-order valence-electron chi connectivity index (χ4n) is 2.02. The highest BCUT2D eigenvalue weighted by Gasteiger charge is 2.29. The van der Waals surface area contributed by atoms with Gasteiger partial charge in [-0.05, 0) is 45.0 Å². The first-order valence-electron chi connectivity index (χ1n) is 7.89. The minimum absolute atomic E-state index is 0.0719. The second kappa shape index (κ2) is 7.63. The molecule has 0 radical (unpaired) electrons. The summed E-state index contributed by atoms with van der Waals surface area (Å²) < 4.78 is 23.8. The Morgan fingerprint density at radius 3 is 2.68 bits per heavy atom. The number of sulfone groups is 1. The molecule has 0 saturated carbocycles. The van der Waals surface area contributed by atoms with E-state index in [2.05, 4.69) is 10.3 Å². The molecule has 1 amide bonds. The Morgan fingerprint density at radius 1 is 1.32 bits per heavy atom. The van der Waals surface area contributed by atoms with E-state index in [0.29, 0.717) is 29.9 Å². The molecule has 2 rings (SSSR count). The predicted molar refractivity (Wildman–Crippen MR) is 102 cm³/mol. The zero-order valence-corrected chi connectivity index (χ0v) is 16.2. The second-order valence-electron chi connectivity index (χ2n) is 6.69. The maximum atomic E-state index is 12.3. The summed E-state index contributed by atoms with van der Waals surface area (Å²) in [6.07, 6.45) is 0.637. The number of rotatable bonds is 6. The number of amides is 1. The van der Waals surface area contributed by atoms with Gasteiger partial charge in [0, 0.05) is 17.5 Å².